The van der Waals surface area contributed by atoms with E-state index in [4.69, 9.17) is 29.7 Å². The highest BCUT2D eigenvalue weighted by Crippen LogP contribution is 2.66. The number of cyclic esters (lactones) is 1. The van der Waals surface area contributed by atoms with E-state index in [2.05, 4.69) is 22.5 Å². The van der Waals surface area contributed by atoms with Crippen molar-refractivity contribution >= 4 is 62.3 Å². The molecule has 9 rings (SSSR count). The summed E-state index contributed by atoms with van der Waals surface area (Å²) in [5.74, 6) is 2.04. The highest BCUT2D eigenvalue weighted by Gasteiger charge is 2.76. The molecule has 1 spiro atoms. The van der Waals surface area contributed by atoms with E-state index in [9.17, 15) is 14.7 Å². The van der Waals surface area contributed by atoms with E-state index in [0.29, 0.717) is 27.8 Å². The third kappa shape index (κ3) is 8.10. The first-order chi connectivity index (χ1) is 32.7. The van der Waals surface area contributed by atoms with Crippen LogP contribution in [0.5, 0.6) is 5.75 Å². The fourth-order valence-electron chi connectivity index (χ4n) is 9.59. The molecule has 1 aromatic heterocycles. The maximum Gasteiger partial charge on any atom is 0.421 e. The Kier molecular flexibility index (Phi) is 12.7. The van der Waals surface area contributed by atoms with Crippen LogP contribution >= 0.6 is 11.3 Å². The largest absolute Gasteiger partial charge is 0.491 e. The Morgan fingerprint density at radius 2 is 1.60 bits per heavy atom. The number of amides is 5. The quantitative estimate of drug-likeness (QED) is 0.0655. The van der Waals surface area contributed by atoms with Gasteiger partial charge in [-0.15, -0.1) is 0 Å². The number of aromatic nitrogens is 1. The third-order valence-corrected chi connectivity index (χ3v) is 13.1. The summed E-state index contributed by atoms with van der Waals surface area (Å²) < 4.78 is 24.4. The monoisotopic (exact) mass is 920 g/mol. The second-order valence-electron chi connectivity index (χ2n) is 15.9. The smallest absolute Gasteiger partial charge is 0.421 e. The zero-order valence-corrected chi connectivity index (χ0v) is 36.8. The van der Waals surface area contributed by atoms with Crippen molar-refractivity contribution in [3.8, 4) is 17.6 Å². The number of hydrogen-bond donors (Lipinski definition) is 4. The average Bonchev–Trinajstić information content (AvgIpc) is 3.98. The summed E-state index contributed by atoms with van der Waals surface area (Å²) in [6, 6.07) is 33.1. The maximum absolute atomic E-state index is 16.4. The van der Waals surface area contributed by atoms with Crippen molar-refractivity contribution in [2.24, 2.45) is 11.7 Å². The van der Waals surface area contributed by atoms with Gasteiger partial charge in [-0.05, 0) is 53.1 Å². The number of rotatable bonds is 12. The van der Waals surface area contributed by atoms with E-state index in [1.165, 1.54) is 24.5 Å². The maximum atomic E-state index is 16.4. The number of imide groups is 1. The molecule has 5 amide bonds. The third-order valence-electron chi connectivity index (χ3n) is 12.1. The molecule has 6 aromatic rings. The van der Waals surface area contributed by atoms with Crippen LogP contribution < -0.4 is 26.0 Å². The van der Waals surface area contributed by atoms with Crippen LogP contribution in [0.15, 0.2) is 127 Å². The van der Waals surface area contributed by atoms with Crippen molar-refractivity contribution < 1.29 is 48.0 Å². The second-order valence-corrected chi connectivity index (χ2v) is 16.9. The number of carbonyl (C=O) groups excluding carboxylic acids is 5. The molecule has 0 radical (unpaired) electrons. The summed E-state index contributed by atoms with van der Waals surface area (Å²) >= 11 is 1.21. The predicted octanol–water partition coefficient (Wildman–Crippen LogP) is 5.77. The minimum atomic E-state index is -2.18. The van der Waals surface area contributed by atoms with Crippen molar-refractivity contribution in [2.75, 3.05) is 50.3 Å². The van der Waals surface area contributed by atoms with E-state index in [0.717, 1.165) is 9.60 Å². The number of fused-ring (bicyclic) bond motifs is 4. The first-order valence-corrected chi connectivity index (χ1v) is 22.2. The molecule has 17 heteroatoms. The number of nitrogens with two attached hydrogens (primary N) is 1. The Morgan fingerprint density at radius 1 is 0.881 bits per heavy atom. The van der Waals surface area contributed by atoms with Gasteiger partial charge in [-0.1, -0.05) is 114 Å². The molecule has 67 heavy (non-hydrogen) atoms. The Morgan fingerprint density at radius 3 is 2.33 bits per heavy atom. The number of aliphatic hydroxyl groups is 1. The number of nitrogens with one attached hydrogen (secondary N) is 2. The van der Waals surface area contributed by atoms with Crippen LogP contribution in [-0.4, -0.2) is 91.0 Å². The number of para-hydroxylation sites is 2. The van der Waals surface area contributed by atoms with Gasteiger partial charge in [-0.3, -0.25) is 19.3 Å². The number of methoxy groups -OCH3 is 1. The first kappa shape index (κ1) is 44.6. The van der Waals surface area contributed by atoms with Crippen LogP contribution in [0.2, 0.25) is 0 Å². The molecule has 5 N–H and O–H groups in total. The number of anilines is 2. The number of aliphatic hydroxyl groups excluding tert-OH is 1. The molecule has 16 nitrogen and oxygen atoms in total. The standard InChI is InChI=1S/C50H44N6O10S/c1-63-27-28-65-49(62)55-36-23-22-30(13-12-24-52-47(51)61)29-34(36)50(46(55)60)39(44(58)54-48-53-35-19-9-11-21-38(35)67-48)41-45(59)66-42(32-16-6-3-7-17-32)40(31-14-4-2-5-15-31)56(41)43(50)33-18-8-10-20-37(33)64-26-25-57/h2-11,14-23,29,39-43,57H,24-28H2,1H3,(H3,51,52,61)(H,53,54,58). The Bertz CT molecular complexity index is 2890. The number of thiazole rings is 1. The van der Waals surface area contributed by atoms with Gasteiger partial charge in [-0.25, -0.2) is 19.5 Å². The van der Waals surface area contributed by atoms with Gasteiger partial charge in [0.15, 0.2) is 5.13 Å². The fourth-order valence-corrected chi connectivity index (χ4v) is 10.5. The van der Waals surface area contributed by atoms with Gasteiger partial charge in [-0.2, -0.15) is 0 Å². The summed E-state index contributed by atoms with van der Waals surface area (Å²) in [6.45, 7) is -0.793. The predicted molar refractivity (Wildman–Crippen MR) is 247 cm³/mol. The molecule has 6 unspecified atom stereocenters. The van der Waals surface area contributed by atoms with Gasteiger partial charge < -0.3 is 40.4 Å². The molecule has 0 bridgehead atoms. The average molecular weight is 921 g/mol. The molecule has 5 aromatic carbocycles. The number of carbonyl (C=O) groups is 5. The molecule has 0 saturated carbocycles. The van der Waals surface area contributed by atoms with Crippen molar-refractivity contribution in [1.29, 1.82) is 0 Å². The Balaban J connectivity index is 1.37. The second kappa shape index (κ2) is 19.1. The topological polar surface area (TPSA) is 212 Å². The number of urea groups is 1. The number of morpholine rings is 1. The van der Waals surface area contributed by atoms with Crippen LogP contribution in [0.25, 0.3) is 10.2 Å². The molecule has 4 heterocycles. The van der Waals surface area contributed by atoms with Crippen LogP contribution in [0.4, 0.5) is 20.4 Å². The van der Waals surface area contributed by atoms with Gasteiger partial charge in [0.2, 0.25) is 11.8 Å². The van der Waals surface area contributed by atoms with Gasteiger partial charge in [0.25, 0.3) is 0 Å². The molecule has 3 aliphatic heterocycles. The SMILES string of the molecule is COCCOC(=O)N1C(=O)C2(c3cc(C#CCNC(N)=O)ccc31)C(C(=O)Nc1nc3ccccc3s1)C1C(=O)OC(c3ccccc3)C(c3ccccc3)N1C2c1ccccc1OCCO. The zero-order valence-electron chi connectivity index (χ0n) is 36.0. The van der Waals surface area contributed by atoms with Crippen LogP contribution in [0, 0.1) is 17.8 Å². The van der Waals surface area contributed by atoms with Gasteiger partial charge in [0, 0.05) is 18.2 Å². The van der Waals surface area contributed by atoms with Crippen molar-refractivity contribution in [2.45, 2.75) is 29.6 Å². The molecule has 6 atom stereocenters. The molecule has 2 fully saturated rings. The van der Waals surface area contributed by atoms with Crippen molar-refractivity contribution in [3.63, 3.8) is 0 Å². The molecule has 340 valence electrons. The van der Waals surface area contributed by atoms with E-state index in [-0.39, 0.29) is 55.1 Å². The number of hydrogen-bond acceptors (Lipinski definition) is 13. The number of ether oxygens (including phenoxy) is 4. The zero-order chi connectivity index (χ0) is 46.7. The van der Waals surface area contributed by atoms with Crippen LogP contribution in [0.1, 0.15) is 46.0 Å². The van der Waals surface area contributed by atoms with E-state index < -0.39 is 65.5 Å². The molecular formula is C50H44N6O10S. The number of benzene rings is 5. The highest BCUT2D eigenvalue weighted by atomic mass is 32.1. The Hall–Kier alpha value is -7.62. The molecule has 3 aliphatic rings. The Labute approximate surface area is 388 Å². The summed E-state index contributed by atoms with van der Waals surface area (Å²) in [7, 11) is 1.44. The lowest BCUT2D eigenvalue weighted by Crippen LogP contribution is -2.54. The summed E-state index contributed by atoms with van der Waals surface area (Å²) in [4.78, 5) is 81.2. The minimum absolute atomic E-state index is 0.0202. The minimum Gasteiger partial charge on any atom is -0.491 e. The van der Waals surface area contributed by atoms with Gasteiger partial charge >= 0.3 is 18.1 Å². The van der Waals surface area contributed by atoms with Crippen molar-refractivity contribution in [3.05, 3.63) is 155 Å². The van der Waals surface area contributed by atoms with E-state index >= 15 is 14.4 Å². The summed E-state index contributed by atoms with van der Waals surface area (Å²) in [5, 5.41) is 15.7. The lowest BCUT2D eigenvalue weighted by atomic mass is 9.65. The summed E-state index contributed by atoms with van der Waals surface area (Å²) in [6.07, 6.45) is -2.03. The molecule has 2 saturated heterocycles. The number of nitrogens with zero attached hydrogens (tertiary/aromatic N) is 3. The van der Waals surface area contributed by atoms with Gasteiger partial charge in [0.1, 0.15) is 36.5 Å². The van der Waals surface area contributed by atoms with Crippen molar-refractivity contribution in [1.82, 2.24) is 15.2 Å². The van der Waals surface area contributed by atoms with Crippen LogP contribution in [-0.2, 0) is 34.0 Å². The number of esters is 1. The van der Waals surface area contributed by atoms with Gasteiger partial charge in [0.05, 0.1) is 53.7 Å². The lowest BCUT2D eigenvalue weighted by molar-refractivity contribution is -0.177. The van der Waals surface area contributed by atoms with Crippen LogP contribution in [0.3, 0.4) is 0 Å². The summed E-state index contributed by atoms with van der Waals surface area (Å²) in [5.41, 5.74) is 6.05. The normalized spacial score (nSPS) is 21.8. The molecule has 0 aliphatic carbocycles. The first-order valence-electron chi connectivity index (χ1n) is 21.4. The number of primary amides is 1. The lowest BCUT2D eigenvalue weighted by Gasteiger charge is -2.46. The van der Waals surface area contributed by atoms with E-state index in [1.54, 1.807) is 42.5 Å². The highest BCUT2D eigenvalue weighted by molar-refractivity contribution is 7.22. The fraction of sp³-hybridized carbons (Fsp3) is 0.240. The van der Waals surface area contributed by atoms with E-state index in [1.807, 2.05) is 83.8 Å². The molecular weight excluding hydrogens is 877 g/mol.